The van der Waals surface area contributed by atoms with Crippen LogP contribution in [0.2, 0.25) is 0 Å². The summed E-state index contributed by atoms with van der Waals surface area (Å²) >= 11 is 0. The van der Waals surface area contributed by atoms with E-state index in [1.165, 1.54) is 12.1 Å². The molecule has 7 rings (SSSR count). The number of nitrogen functional groups attached to an aromatic ring is 1. The van der Waals surface area contributed by atoms with Crippen LogP contribution in [0.1, 0.15) is 41.9 Å². The van der Waals surface area contributed by atoms with Gasteiger partial charge >= 0.3 is 0 Å². The van der Waals surface area contributed by atoms with E-state index in [1.807, 2.05) is 4.40 Å². The summed E-state index contributed by atoms with van der Waals surface area (Å²) in [5, 5.41) is 12.5. The van der Waals surface area contributed by atoms with Crippen molar-refractivity contribution < 1.29 is 19.0 Å². The average Bonchev–Trinajstić information content (AvgIpc) is 3.32. The molecule has 1 aromatic carbocycles. The van der Waals surface area contributed by atoms with Gasteiger partial charge in [0.1, 0.15) is 34.5 Å². The van der Waals surface area contributed by atoms with Gasteiger partial charge in [-0.15, -0.1) is 0 Å². The molecule has 5 heterocycles. The molecule has 36 heavy (non-hydrogen) atoms. The second kappa shape index (κ2) is 8.35. The highest BCUT2D eigenvalue weighted by atomic mass is 19.1. The smallest absolute Gasteiger partial charge is 0.256 e. The van der Waals surface area contributed by atoms with Crippen molar-refractivity contribution in [2.75, 3.05) is 24.3 Å². The lowest BCUT2D eigenvalue weighted by Crippen LogP contribution is -2.55. The number of halogens is 1. The third-order valence-electron chi connectivity index (χ3n) is 7.51. The maximum absolute atomic E-state index is 15.5. The standard InChI is InChI=1S/C26H25FN6O3/c27-18-13-16(23(35)31-19-3-1-2-10-29-19)4-5-17(18)20-21-22(28)30-11-12-33(21)24(32-20)25-6-8-26(14-34,9-7-25)36-15-25/h1-5,10-13,34H,6-9,14-15H2,(H2,28,30)(H,29,31,35). The zero-order valence-electron chi connectivity index (χ0n) is 19.4. The first-order valence-electron chi connectivity index (χ1n) is 11.8. The van der Waals surface area contributed by atoms with Crippen molar-refractivity contribution in [1.82, 2.24) is 19.4 Å². The van der Waals surface area contributed by atoms with Gasteiger partial charge in [0, 0.05) is 29.7 Å². The van der Waals surface area contributed by atoms with Gasteiger partial charge in [-0.3, -0.25) is 9.20 Å². The predicted octanol–water partition coefficient (Wildman–Crippen LogP) is 3.34. The van der Waals surface area contributed by atoms with Gasteiger partial charge in [0.15, 0.2) is 0 Å². The van der Waals surface area contributed by atoms with Crippen LogP contribution in [0.5, 0.6) is 0 Å². The number of aromatic nitrogens is 4. The summed E-state index contributed by atoms with van der Waals surface area (Å²) in [6, 6.07) is 9.41. The quantitative estimate of drug-likeness (QED) is 0.393. The molecule has 0 spiro atoms. The first-order chi connectivity index (χ1) is 17.4. The number of nitrogens with two attached hydrogens (primary N) is 1. The van der Waals surface area contributed by atoms with Crippen LogP contribution in [0.25, 0.3) is 16.8 Å². The fourth-order valence-corrected chi connectivity index (χ4v) is 5.36. The fourth-order valence-electron chi connectivity index (χ4n) is 5.36. The van der Waals surface area contributed by atoms with Crippen LogP contribution in [-0.4, -0.2) is 49.2 Å². The summed E-state index contributed by atoms with van der Waals surface area (Å²) in [7, 11) is 0. The maximum Gasteiger partial charge on any atom is 0.256 e. The van der Waals surface area contributed by atoms with Crippen molar-refractivity contribution in [3.8, 4) is 11.3 Å². The van der Waals surface area contributed by atoms with Crippen molar-refractivity contribution >= 4 is 23.1 Å². The van der Waals surface area contributed by atoms with E-state index in [0.717, 1.165) is 31.5 Å². The van der Waals surface area contributed by atoms with Gasteiger partial charge in [-0.25, -0.2) is 19.3 Å². The van der Waals surface area contributed by atoms with E-state index in [1.54, 1.807) is 42.9 Å². The molecule has 10 heteroatoms. The van der Waals surface area contributed by atoms with Gasteiger partial charge < -0.3 is 20.9 Å². The number of carbonyl (C=O) groups excluding carboxylic acids is 1. The van der Waals surface area contributed by atoms with E-state index in [9.17, 15) is 9.90 Å². The molecule has 3 aliphatic rings. The highest BCUT2D eigenvalue weighted by Gasteiger charge is 2.52. The Hall–Kier alpha value is -3.89. The van der Waals surface area contributed by atoms with Crippen LogP contribution in [0.15, 0.2) is 55.0 Å². The Balaban J connectivity index is 1.39. The van der Waals surface area contributed by atoms with Crippen LogP contribution < -0.4 is 11.1 Å². The maximum atomic E-state index is 15.5. The van der Waals surface area contributed by atoms with Crippen molar-refractivity contribution in [3.05, 3.63) is 72.2 Å². The molecule has 3 aromatic heterocycles. The van der Waals surface area contributed by atoms with Gasteiger partial charge in [0.25, 0.3) is 5.91 Å². The molecule has 1 saturated carbocycles. The number of anilines is 2. The van der Waals surface area contributed by atoms with Crippen LogP contribution in [0.3, 0.4) is 0 Å². The molecule has 0 radical (unpaired) electrons. The zero-order chi connectivity index (χ0) is 24.9. The van der Waals surface area contributed by atoms with Gasteiger partial charge in [-0.1, -0.05) is 6.07 Å². The number of imidazole rings is 1. The first-order valence-corrected chi connectivity index (χ1v) is 11.8. The molecule has 0 atom stereocenters. The van der Waals surface area contributed by atoms with E-state index >= 15 is 4.39 Å². The van der Waals surface area contributed by atoms with Crippen LogP contribution in [0, 0.1) is 5.82 Å². The minimum Gasteiger partial charge on any atom is -0.393 e. The summed E-state index contributed by atoms with van der Waals surface area (Å²) < 4.78 is 23.4. The third-order valence-corrected chi connectivity index (χ3v) is 7.51. The monoisotopic (exact) mass is 488 g/mol. The molecule has 184 valence electrons. The molecule has 0 unspecified atom stereocenters. The lowest BCUT2D eigenvalue weighted by atomic mass is 9.66. The van der Waals surface area contributed by atoms with E-state index < -0.39 is 17.3 Å². The summed E-state index contributed by atoms with van der Waals surface area (Å²) in [5.74, 6) is 0.282. The molecule has 3 fully saturated rings. The van der Waals surface area contributed by atoms with Gasteiger partial charge in [0.05, 0.1) is 24.2 Å². The van der Waals surface area contributed by atoms with E-state index in [4.69, 9.17) is 15.5 Å². The summed E-state index contributed by atoms with van der Waals surface area (Å²) in [6.45, 7) is 0.419. The largest absolute Gasteiger partial charge is 0.393 e. The normalized spacial score (nSPS) is 23.2. The number of aliphatic hydroxyl groups is 1. The minimum absolute atomic E-state index is 0.000991. The second-order valence-electron chi connectivity index (χ2n) is 9.59. The molecule has 2 saturated heterocycles. The number of nitrogens with one attached hydrogen (secondary N) is 1. The minimum atomic E-state index is -0.598. The fraction of sp³-hybridized carbons (Fsp3) is 0.308. The summed E-state index contributed by atoms with van der Waals surface area (Å²) in [4.78, 5) is 25.8. The Labute approximate surface area is 206 Å². The van der Waals surface area contributed by atoms with Gasteiger partial charge in [0.2, 0.25) is 0 Å². The Bertz CT molecular complexity index is 1450. The predicted molar refractivity (Wildman–Crippen MR) is 131 cm³/mol. The number of aliphatic hydroxyl groups excluding tert-OH is 1. The number of fused-ring (bicyclic) bond motifs is 4. The van der Waals surface area contributed by atoms with E-state index in [-0.39, 0.29) is 29.0 Å². The number of hydrogen-bond acceptors (Lipinski definition) is 7. The van der Waals surface area contributed by atoms with Gasteiger partial charge in [-0.05, 0) is 56.0 Å². The Morgan fingerprint density at radius 3 is 2.67 bits per heavy atom. The molecule has 2 aliphatic heterocycles. The molecule has 4 aromatic rings. The SMILES string of the molecule is Nc1nccn2c(C34CCC(CO)(CC3)OC4)nc(-c3ccc(C(=O)Nc4ccccn4)cc3F)c12. The number of ether oxygens (including phenoxy) is 1. The second-order valence-corrected chi connectivity index (χ2v) is 9.59. The number of hydrogen-bond donors (Lipinski definition) is 3. The number of benzene rings is 1. The number of amides is 1. The van der Waals surface area contributed by atoms with Crippen LogP contribution in [0.4, 0.5) is 16.0 Å². The number of rotatable bonds is 5. The number of carbonyl (C=O) groups is 1. The van der Waals surface area contributed by atoms with E-state index in [2.05, 4.69) is 15.3 Å². The van der Waals surface area contributed by atoms with Crippen molar-refractivity contribution in [1.29, 1.82) is 0 Å². The molecular formula is C26H25FN6O3. The number of pyridine rings is 1. The average molecular weight is 489 g/mol. The van der Waals surface area contributed by atoms with Gasteiger partial charge in [-0.2, -0.15) is 0 Å². The van der Waals surface area contributed by atoms with Crippen LogP contribution in [-0.2, 0) is 10.2 Å². The Morgan fingerprint density at radius 1 is 1.17 bits per heavy atom. The van der Waals surface area contributed by atoms with Crippen molar-refractivity contribution in [2.45, 2.75) is 36.7 Å². The first kappa shape index (κ1) is 22.6. The molecule has 1 aliphatic carbocycles. The molecular weight excluding hydrogens is 463 g/mol. The third kappa shape index (κ3) is 3.52. The summed E-state index contributed by atoms with van der Waals surface area (Å²) in [6.07, 6.45) is 7.98. The zero-order valence-corrected chi connectivity index (χ0v) is 19.4. The lowest BCUT2D eigenvalue weighted by molar-refractivity contribution is -0.177. The molecule has 1 amide bonds. The molecule has 4 N–H and O–H groups in total. The topological polar surface area (TPSA) is 128 Å². The van der Waals surface area contributed by atoms with Crippen molar-refractivity contribution in [2.24, 2.45) is 0 Å². The molecule has 2 bridgehead atoms. The summed E-state index contributed by atoms with van der Waals surface area (Å²) in [5.41, 5.74) is 6.67. The number of nitrogens with zero attached hydrogens (tertiary/aromatic N) is 4. The Kier molecular flexibility index (Phi) is 5.24. The highest BCUT2D eigenvalue weighted by Crippen LogP contribution is 2.50. The highest BCUT2D eigenvalue weighted by molar-refractivity contribution is 6.04. The van der Waals surface area contributed by atoms with Crippen LogP contribution >= 0.6 is 0 Å². The van der Waals surface area contributed by atoms with Crippen molar-refractivity contribution in [3.63, 3.8) is 0 Å². The lowest BCUT2D eigenvalue weighted by Gasteiger charge is -2.51. The Morgan fingerprint density at radius 2 is 2.00 bits per heavy atom. The molecule has 9 nitrogen and oxygen atoms in total. The van der Waals surface area contributed by atoms with E-state index in [0.29, 0.717) is 23.6 Å².